The second-order valence-corrected chi connectivity index (χ2v) is 8.14. The summed E-state index contributed by atoms with van der Waals surface area (Å²) >= 11 is 0. The van der Waals surface area contributed by atoms with Gasteiger partial charge in [-0.1, -0.05) is 20.8 Å². The number of esters is 1. The van der Waals surface area contributed by atoms with E-state index in [1.54, 1.807) is 27.7 Å². The minimum Gasteiger partial charge on any atom is -0.458 e. The number of carbonyl (C=O) groups is 2. The van der Waals surface area contributed by atoms with Crippen molar-refractivity contribution in [3.63, 3.8) is 0 Å². The summed E-state index contributed by atoms with van der Waals surface area (Å²) in [4.78, 5) is 24.5. The van der Waals surface area contributed by atoms with Gasteiger partial charge < -0.3 is 24.3 Å². The fourth-order valence-corrected chi connectivity index (χ4v) is 2.66. The van der Waals surface area contributed by atoms with Gasteiger partial charge in [-0.2, -0.15) is 0 Å². The van der Waals surface area contributed by atoms with Crippen LogP contribution in [0.2, 0.25) is 0 Å². The van der Waals surface area contributed by atoms with Crippen molar-refractivity contribution in [2.75, 3.05) is 13.2 Å². The van der Waals surface area contributed by atoms with Gasteiger partial charge in [0.25, 0.3) is 0 Å². The maximum atomic E-state index is 12.5. The first-order valence-electron chi connectivity index (χ1n) is 9.46. The van der Waals surface area contributed by atoms with E-state index >= 15 is 0 Å². The van der Waals surface area contributed by atoms with Crippen LogP contribution < -0.4 is 5.32 Å². The molecule has 7 nitrogen and oxygen atoms in total. The first-order chi connectivity index (χ1) is 12.0. The van der Waals surface area contributed by atoms with E-state index in [4.69, 9.17) is 18.9 Å². The van der Waals surface area contributed by atoms with E-state index in [1.807, 2.05) is 6.92 Å². The van der Waals surface area contributed by atoms with Crippen molar-refractivity contribution in [3.8, 4) is 0 Å². The van der Waals surface area contributed by atoms with E-state index < -0.39 is 29.8 Å². The van der Waals surface area contributed by atoms with Crippen molar-refractivity contribution in [1.29, 1.82) is 0 Å². The summed E-state index contributed by atoms with van der Waals surface area (Å²) in [6.07, 6.45) is -0.575. The second kappa shape index (κ2) is 10.1. The molecule has 0 aromatic heterocycles. The molecule has 1 aliphatic rings. The maximum Gasteiger partial charge on any atom is 0.408 e. The Morgan fingerprint density at radius 3 is 2.54 bits per heavy atom. The highest BCUT2D eigenvalue weighted by atomic mass is 16.6. The van der Waals surface area contributed by atoms with Gasteiger partial charge in [-0.25, -0.2) is 9.59 Å². The number of amides is 1. The van der Waals surface area contributed by atoms with Gasteiger partial charge in [0.2, 0.25) is 0 Å². The van der Waals surface area contributed by atoms with E-state index in [-0.39, 0.29) is 12.2 Å². The van der Waals surface area contributed by atoms with Crippen LogP contribution in [-0.2, 0) is 23.7 Å². The fraction of sp³-hybridized carbons (Fsp3) is 0.895. The van der Waals surface area contributed by atoms with Crippen molar-refractivity contribution >= 4 is 12.1 Å². The molecule has 0 radical (unpaired) electrons. The number of rotatable bonds is 5. The third-order valence-corrected chi connectivity index (χ3v) is 3.87. The molecular formula is C19H35NO6. The lowest BCUT2D eigenvalue weighted by atomic mass is 10.1. The lowest BCUT2D eigenvalue weighted by Crippen LogP contribution is -2.46. The van der Waals surface area contributed by atoms with Crippen molar-refractivity contribution in [2.45, 2.75) is 91.3 Å². The number of hydrogen-bond donors (Lipinski definition) is 1. The van der Waals surface area contributed by atoms with Crippen LogP contribution in [0.25, 0.3) is 0 Å². The van der Waals surface area contributed by atoms with Crippen LogP contribution in [0.15, 0.2) is 0 Å². The quantitative estimate of drug-likeness (QED) is 0.746. The Hall–Kier alpha value is -1.34. The molecule has 1 N–H and O–H groups in total. The molecule has 0 spiro atoms. The zero-order valence-electron chi connectivity index (χ0n) is 17.2. The first kappa shape index (κ1) is 22.7. The zero-order chi connectivity index (χ0) is 19.9. The van der Waals surface area contributed by atoms with E-state index in [9.17, 15) is 9.59 Å². The first-order valence-corrected chi connectivity index (χ1v) is 9.46. The molecule has 1 saturated heterocycles. The van der Waals surface area contributed by atoms with Gasteiger partial charge in [0.05, 0.1) is 6.10 Å². The van der Waals surface area contributed by atoms with Gasteiger partial charge >= 0.3 is 12.1 Å². The molecule has 1 amide bonds. The second-order valence-electron chi connectivity index (χ2n) is 8.14. The predicted molar refractivity (Wildman–Crippen MR) is 97.9 cm³/mol. The van der Waals surface area contributed by atoms with Crippen molar-refractivity contribution in [2.24, 2.45) is 5.92 Å². The number of alkyl carbamates (subject to hydrolysis) is 1. The predicted octanol–water partition coefficient (Wildman–Crippen LogP) is 3.05. The average molecular weight is 373 g/mol. The molecule has 0 aromatic carbocycles. The standard InChI is InChI=1S/C19H35NO6/c1-8-15-16(24-11-12(2)3)13(4)25-17(21)14(9-10-23-15)20-18(22)26-19(5,6)7/h12-16H,8-11H2,1-7H3,(H,20,22)/t13-,14-,15+,16-/m0/s1. The van der Waals surface area contributed by atoms with Gasteiger partial charge in [0, 0.05) is 19.6 Å². The Bertz CT molecular complexity index is 459. The Kier molecular flexibility index (Phi) is 8.83. The summed E-state index contributed by atoms with van der Waals surface area (Å²) in [5, 5.41) is 2.58. The van der Waals surface area contributed by atoms with Gasteiger partial charge in [0.15, 0.2) is 0 Å². The summed E-state index contributed by atoms with van der Waals surface area (Å²) < 4.78 is 22.7. The summed E-state index contributed by atoms with van der Waals surface area (Å²) in [5.74, 6) is -0.133. The monoisotopic (exact) mass is 373 g/mol. The maximum absolute atomic E-state index is 12.5. The van der Waals surface area contributed by atoms with Crippen LogP contribution in [0.1, 0.15) is 61.3 Å². The molecular weight excluding hydrogens is 338 g/mol. The summed E-state index contributed by atoms with van der Waals surface area (Å²) in [5.41, 5.74) is -0.640. The molecule has 1 rings (SSSR count). The largest absolute Gasteiger partial charge is 0.458 e. The van der Waals surface area contributed by atoms with Crippen LogP contribution in [0.3, 0.4) is 0 Å². The smallest absolute Gasteiger partial charge is 0.408 e. The van der Waals surface area contributed by atoms with Gasteiger partial charge in [-0.3, -0.25) is 0 Å². The molecule has 0 aromatic rings. The molecule has 1 aliphatic heterocycles. The van der Waals surface area contributed by atoms with Crippen molar-refractivity contribution in [1.82, 2.24) is 5.32 Å². The fourth-order valence-electron chi connectivity index (χ4n) is 2.66. The molecule has 26 heavy (non-hydrogen) atoms. The zero-order valence-corrected chi connectivity index (χ0v) is 17.2. The lowest BCUT2D eigenvalue weighted by molar-refractivity contribution is -0.165. The molecule has 0 unspecified atom stereocenters. The van der Waals surface area contributed by atoms with Crippen LogP contribution in [-0.4, -0.2) is 55.2 Å². The number of hydrogen-bond acceptors (Lipinski definition) is 6. The van der Waals surface area contributed by atoms with Crippen LogP contribution in [0.5, 0.6) is 0 Å². The average Bonchev–Trinajstić information content (AvgIpc) is 2.53. The van der Waals surface area contributed by atoms with E-state index in [0.717, 1.165) is 6.42 Å². The SMILES string of the molecule is CC[C@H]1OCC[C@H](NC(=O)OC(C)(C)C)C(=O)O[C@@H](C)[C@@H]1OCC(C)C. The minimum atomic E-state index is -0.811. The molecule has 1 heterocycles. The summed E-state index contributed by atoms with van der Waals surface area (Å²) in [7, 11) is 0. The Morgan fingerprint density at radius 1 is 1.35 bits per heavy atom. The highest BCUT2D eigenvalue weighted by Gasteiger charge is 2.35. The van der Waals surface area contributed by atoms with Crippen molar-refractivity contribution in [3.05, 3.63) is 0 Å². The minimum absolute atomic E-state index is 0.170. The van der Waals surface area contributed by atoms with Gasteiger partial charge in [0.1, 0.15) is 23.9 Å². The summed E-state index contributed by atoms with van der Waals surface area (Å²) in [6.45, 7) is 14.1. The number of ether oxygens (including phenoxy) is 4. The number of carbonyl (C=O) groups excluding carboxylic acids is 2. The highest BCUT2D eigenvalue weighted by Crippen LogP contribution is 2.20. The Morgan fingerprint density at radius 2 is 2.00 bits per heavy atom. The molecule has 0 aliphatic carbocycles. The normalized spacial score (nSPS) is 27.9. The Labute approximate surface area is 157 Å². The molecule has 4 atom stereocenters. The van der Waals surface area contributed by atoms with Gasteiger partial charge in [-0.05, 0) is 40.0 Å². The van der Waals surface area contributed by atoms with Crippen LogP contribution in [0, 0.1) is 5.92 Å². The number of nitrogens with one attached hydrogen (secondary N) is 1. The molecule has 0 saturated carbocycles. The van der Waals surface area contributed by atoms with Crippen LogP contribution >= 0.6 is 0 Å². The third kappa shape index (κ3) is 7.91. The Balaban J connectivity index is 2.80. The van der Waals surface area contributed by atoms with E-state index in [2.05, 4.69) is 19.2 Å². The topological polar surface area (TPSA) is 83.1 Å². The molecule has 0 bridgehead atoms. The van der Waals surface area contributed by atoms with Crippen molar-refractivity contribution < 1.29 is 28.5 Å². The van der Waals surface area contributed by atoms with E-state index in [0.29, 0.717) is 25.6 Å². The number of cyclic esters (lactones) is 1. The lowest BCUT2D eigenvalue weighted by Gasteiger charge is -2.30. The summed E-state index contributed by atoms with van der Waals surface area (Å²) in [6, 6.07) is -0.811. The third-order valence-electron chi connectivity index (χ3n) is 3.87. The highest BCUT2D eigenvalue weighted by molar-refractivity contribution is 5.81. The van der Waals surface area contributed by atoms with Crippen LogP contribution in [0.4, 0.5) is 4.79 Å². The van der Waals surface area contributed by atoms with Gasteiger partial charge in [-0.15, -0.1) is 0 Å². The van der Waals surface area contributed by atoms with E-state index in [1.165, 1.54) is 0 Å². The molecule has 152 valence electrons. The molecule has 1 fully saturated rings. The molecule has 7 heteroatoms.